The summed E-state index contributed by atoms with van der Waals surface area (Å²) in [6.45, 7) is 4.80. The van der Waals surface area contributed by atoms with Crippen molar-refractivity contribution in [3.8, 4) is 5.75 Å². The lowest BCUT2D eigenvalue weighted by molar-refractivity contribution is 0.0662. The Kier molecular flexibility index (Phi) is 3.58. The highest BCUT2D eigenvalue weighted by atomic mass is 16.5. The summed E-state index contributed by atoms with van der Waals surface area (Å²) in [4.78, 5) is 26.5. The molecule has 0 aromatic heterocycles. The summed E-state index contributed by atoms with van der Waals surface area (Å²) < 4.78 is 5.38. The third-order valence-corrected chi connectivity index (χ3v) is 5.63. The number of aromatic carboxylic acids is 1. The molecule has 0 bridgehead atoms. The van der Waals surface area contributed by atoms with Gasteiger partial charge >= 0.3 is 5.97 Å². The van der Waals surface area contributed by atoms with Crippen LogP contribution in [0.4, 0.5) is 0 Å². The first-order valence-electron chi connectivity index (χ1n) is 8.68. The maximum atomic E-state index is 13.1. The molecule has 2 aromatic carbocycles. The van der Waals surface area contributed by atoms with Crippen molar-refractivity contribution in [2.24, 2.45) is 0 Å². The Morgan fingerprint density at radius 1 is 1.27 bits per heavy atom. The van der Waals surface area contributed by atoms with Gasteiger partial charge in [0.1, 0.15) is 5.75 Å². The molecule has 2 heterocycles. The summed E-state index contributed by atoms with van der Waals surface area (Å²) in [7, 11) is 1.65. The number of nitrogens with zero attached hydrogens (tertiary/aromatic N) is 1. The van der Waals surface area contributed by atoms with Gasteiger partial charge in [0.2, 0.25) is 0 Å². The Labute approximate surface area is 152 Å². The van der Waals surface area contributed by atoms with Gasteiger partial charge in [-0.3, -0.25) is 4.79 Å². The fraction of sp³-hybridized carbons (Fsp3) is 0.333. The van der Waals surface area contributed by atoms with Crippen molar-refractivity contribution in [3.63, 3.8) is 0 Å². The average molecular weight is 351 g/mol. The number of fused-ring (bicyclic) bond motifs is 4. The van der Waals surface area contributed by atoms with Gasteiger partial charge in [-0.1, -0.05) is 32.0 Å². The average Bonchev–Trinajstić information content (AvgIpc) is 2.80. The van der Waals surface area contributed by atoms with Gasteiger partial charge in [0.15, 0.2) is 0 Å². The monoisotopic (exact) mass is 351 g/mol. The number of methoxy groups -OCH3 is 1. The zero-order valence-corrected chi connectivity index (χ0v) is 15.1. The number of carbonyl (C=O) groups is 2. The van der Waals surface area contributed by atoms with Crippen LogP contribution in [0, 0.1) is 0 Å². The second kappa shape index (κ2) is 5.59. The highest BCUT2D eigenvalue weighted by Gasteiger charge is 2.44. The molecule has 2 aliphatic rings. The fourth-order valence-electron chi connectivity index (χ4n) is 4.35. The molecule has 5 heteroatoms. The van der Waals surface area contributed by atoms with Gasteiger partial charge in [-0.15, -0.1) is 0 Å². The Morgan fingerprint density at radius 3 is 2.73 bits per heavy atom. The van der Waals surface area contributed by atoms with Gasteiger partial charge in [-0.25, -0.2) is 4.79 Å². The van der Waals surface area contributed by atoms with E-state index >= 15 is 0 Å². The zero-order valence-electron chi connectivity index (χ0n) is 15.1. The first-order chi connectivity index (χ1) is 12.3. The van der Waals surface area contributed by atoms with E-state index in [1.807, 2.05) is 23.1 Å². The van der Waals surface area contributed by atoms with Crippen LogP contribution < -0.4 is 4.74 Å². The number of carboxylic acids is 1. The predicted molar refractivity (Wildman–Crippen MR) is 96.7 cm³/mol. The molecule has 2 aromatic rings. The largest absolute Gasteiger partial charge is 0.497 e. The summed E-state index contributed by atoms with van der Waals surface area (Å²) in [5.74, 6) is -0.446. The molecule has 26 heavy (non-hydrogen) atoms. The van der Waals surface area contributed by atoms with Crippen LogP contribution in [0.1, 0.15) is 63.7 Å². The third kappa shape index (κ3) is 2.30. The molecule has 134 valence electrons. The molecule has 1 atom stereocenters. The van der Waals surface area contributed by atoms with Crippen molar-refractivity contribution in [1.29, 1.82) is 0 Å². The standard InChI is InChI=1S/C21H21NO4/c1-21(2)10-17-14-5-4-6-15(20(24)25)18(14)19(23)22(17)11-12-7-8-13(26-3)9-16(12)21/h4-9,17H,10-11H2,1-3H3,(H,24,25)/t17-/m1/s1. The molecule has 4 rings (SSSR count). The van der Waals surface area contributed by atoms with E-state index in [-0.39, 0.29) is 22.9 Å². The Balaban J connectivity index is 1.86. The van der Waals surface area contributed by atoms with Crippen LogP contribution in [-0.4, -0.2) is 29.0 Å². The number of rotatable bonds is 2. The second-order valence-electron chi connectivity index (χ2n) is 7.63. The van der Waals surface area contributed by atoms with Crippen LogP contribution in [-0.2, 0) is 12.0 Å². The molecule has 0 unspecified atom stereocenters. The van der Waals surface area contributed by atoms with Crippen molar-refractivity contribution >= 4 is 11.9 Å². The third-order valence-electron chi connectivity index (χ3n) is 5.63. The van der Waals surface area contributed by atoms with E-state index in [9.17, 15) is 14.7 Å². The van der Waals surface area contributed by atoms with E-state index in [4.69, 9.17) is 4.74 Å². The van der Waals surface area contributed by atoms with Gasteiger partial charge in [0.05, 0.1) is 24.3 Å². The first-order valence-corrected chi connectivity index (χ1v) is 8.68. The summed E-state index contributed by atoms with van der Waals surface area (Å²) in [6.07, 6.45) is 0.731. The van der Waals surface area contributed by atoms with Crippen LogP contribution >= 0.6 is 0 Å². The smallest absolute Gasteiger partial charge is 0.336 e. The van der Waals surface area contributed by atoms with E-state index in [2.05, 4.69) is 19.9 Å². The molecule has 1 N–H and O–H groups in total. The molecule has 0 saturated carbocycles. The van der Waals surface area contributed by atoms with Gasteiger partial charge in [-0.2, -0.15) is 0 Å². The molecule has 1 amide bonds. The summed E-state index contributed by atoms with van der Waals surface area (Å²) in [6, 6.07) is 11.0. The number of hydrogen-bond acceptors (Lipinski definition) is 3. The van der Waals surface area contributed by atoms with Crippen molar-refractivity contribution in [2.75, 3.05) is 7.11 Å². The van der Waals surface area contributed by atoms with Crippen molar-refractivity contribution in [2.45, 2.75) is 38.3 Å². The number of ether oxygens (including phenoxy) is 1. The lowest BCUT2D eigenvalue weighted by atomic mass is 9.77. The fourth-order valence-corrected chi connectivity index (χ4v) is 4.35. The summed E-state index contributed by atoms with van der Waals surface area (Å²) >= 11 is 0. The van der Waals surface area contributed by atoms with E-state index in [1.165, 1.54) is 11.6 Å². The minimum atomic E-state index is -1.06. The zero-order chi connectivity index (χ0) is 18.6. The van der Waals surface area contributed by atoms with Crippen molar-refractivity contribution < 1.29 is 19.4 Å². The Hall–Kier alpha value is -2.82. The lowest BCUT2D eigenvalue weighted by Gasteiger charge is -2.29. The van der Waals surface area contributed by atoms with Gasteiger partial charge in [-0.05, 0) is 46.7 Å². The predicted octanol–water partition coefficient (Wildman–Crippen LogP) is 3.77. The molecule has 0 aliphatic carbocycles. The first kappa shape index (κ1) is 16.6. The number of amides is 1. The molecule has 2 aliphatic heterocycles. The van der Waals surface area contributed by atoms with E-state index in [0.29, 0.717) is 12.1 Å². The van der Waals surface area contributed by atoms with Gasteiger partial charge < -0.3 is 14.7 Å². The van der Waals surface area contributed by atoms with Crippen LogP contribution in [0.3, 0.4) is 0 Å². The number of hydrogen-bond donors (Lipinski definition) is 1. The van der Waals surface area contributed by atoms with E-state index in [0.717, 1.165) is 23.3 Å². The SMILES string of the molecule is COc1ccc2c(c1)C(C)(C)C[C@@H]1c3cccc(C(=O)O)c3C(=O)N1C2. The van der Waals surface area contributed by atoms with Crippen molar-refractivity contribution in [3.05, 3.63) is 64.2 Å². The van der Waals surface area contributed by atoms with E-state index < -0.39 is 5.97 Å². The molecule has 0 radical (unpaired) electrons. The second-order valence-corrected chi connectivity index (χ2v) is 7.63. The molecule has 5 nitrogen and oxygen atoms in total. The maximum Gasteiger partial charge on any atom is 0.336 e. The molecule has 0 fully saturated rings. The van der Waals surface area contributed by atoms with Crippen LogP contribution in [0.2, 0.25) is 0 Å². The molecular formula is C21H21NO4. The van der Waals surface area contributed by atoms with Crippen LogP contribution in [0.25, 0.3) is 0 Å². The minimum Gasteiger partial charge on any atom is -0.497 e. The normalized spacial score (nSPS) is 20.0. The quantitative estimate of drug-likeness (QED) is 0.894. The van der Waals surface area contributed by atoms with Gasteiger partial charge in [0, 0.05) is 6.54 Å². The number of benzene rings is 2. The Bertz CT molecular complexity index is 932. The minimum absolute atomic E-state index is 0.0910. The highest BCUT2D eigenvalue weighted by Crippen LogP contribution is 2.48. The molecular weight excluding hydrogens is 330 g/mol. The summed E-state index contributed by atoms with van der Waals surface area (Å²) in [5.41, 5.74) is 3.34. The number of carbonyl (C=O) groups excluding carboxylic acids is 1. The van der Waals surface area contributed by atoms with Gasteiger partial charge in [0.25, 0.3) is 5.91 Å². The van der Waals surface area contributed by atoms with Crippen LogP contribution in [0.15, 0.2) is 36.4 Å². The maximum absolute atomic E-state index is 13.1. The van der Waals surface area contributed by atoms with E-state index in [1.54, 1.807) is 13.2 Å². The van der Waals surface area contributed by atoms with Crippen LogP contribution in [0.5, 0.6) is 5.75 Å². The van der Waals surface area contributed by atoms with Crippen molar-refractivity contribution in [1.82, 2.24) is 4.90 Å². The summed E-state index contributed by atoms with van der Waals surface area (Å²) in [5, 5.41) is 9.49. The number of carboxylic acid groups (broad SMARTS) is 1. The Morgan fingerprint density at radius 2 is 2.04 bits per heavy atom. The topological polar surface area (TPSA) is 66.8 Å². The lowest BCUT2D eigenvalue weighted by Crippen LogP contribution is -2.28. The molecule has 0 spiro atoms. The molecule has 0 saturated heterocycles. The highest BCUT2D eigenvalue weighted by molar-refractivity contribution is 6.08.